The minimum Gasteiger partial charge on any atom is -0.434 e. The number of ether oxygens (including phenoxy) is 1. The van der Waals surface area contributed by atoms with Gasteiger partial charge in [-0.2, -0.15) is 0 Å². The Morgan fingerprint density at radius 3 is 2.88 bits per heavy atom. The summed E-state index contributed by atoms with van der Waals surface area (Å²) in [5.41, 5.74) is -0.248. The van der Waals surface area contributed by atoms with E-state index < -0.39 is 0 Å². The molecule has 0 aliphatic rings. The van der Waals surface area contributed by atoms with Crippen molar-refractivity contribution in [1.82, 2.24) is 9.55 Å². The number of aromatic nitrogens is 2. The van der Waals surface area contributed by atoms with Crippen LogP contribution in [0.5, 0.6) is 11.6 Å². The molecule has 5 heteroatoms. The first-order valence-electron chi connectivity index (χ1n) is 4.62. The minimum absolute atomic E-state index is 0.0918. The summed E-state index contributed by atoms with van der Waals surface area (Å²) in [6, 6.07) is 7.47. The number of hydrogen-bond acceptors (Lipinski definition) is 3. The fourth-order valence-corrected chi connectivity index (χ4v) is 1.67. The molecular formula is C11H9IN2O2. The van der Waals surface area contributed by atoms with Crippen LogP contribution in [-0.4, -0.2) is 9.55 Å². The molecule has 0 N–H and O–H groups in total. The lowest BCUT2D eigenvalue weighted by atomic mass is 10.3. The Kier molecular flexibility index (Phi) is 3.23. The van der Waals surface area contributed by atoms with Crippen molar-refractivity contribution in [1.29, 1.82) is 0 Å². The molecule has 0 aliphatic carbocycles. The highest BCUT2D eigenvalue weighted by atomic mass is 127. The summed E-state index contributed by atoms with van der Waals surface area (Å²) in [7, 11) is 1.66. The molecular weight excluding hydrogens is 319 g/mol. The quantitative estimate of drug-likeness (QED) is 0.794. The van der Waals surface area contributed by atoms with Crippen molar-refractivity contribution in [3.05, 3.63) is 50.6 Å². The Morgan fingerprint density at radius 2 is 2.12 bits per heavy atom. The average Bonchev–Trinajstić information content (AvgIpc) is 2.28. The summed E-state index contributed by atoms with van der Waals surface area (Å²) in [6.07, 6.45) is 3.12. The predicted molar refractivity (Wildman–Crippen MR) is 68.7 cm³/mol. The van der Waals surface area contributed by atoms with Crippen LogP contribution in [0, 0.1) is 3.57 Å². The number of hydrogen-bond donors (Lipinski definition) is 0. The third kappa shape index (κ3) is 2.24. The lowest BCUT2D eigenvalue weighted by Gasteiger charge is -2.06. The second-order valence-electron chi connectivity index (χ2n) is 3.18. The first-order chi connectivity index (χ1) is 7.68. The number of rotatable bonds is 2. The van der Waals surface area contributed by atoms with Gasteiger partial charge in [0.1, 0.15) is 5.75 Å². The van der Waals surface area contributed by atoms with E-state index in [4.69, 9.17) is 4.74 Å². The molecule has 82 valence electrons. The van der Waals surface area contributed by atoms with Crippen LogP contribution in [0.2, 0.25) is 0 Å². The highest BCUT2D eigenvalue weighted by Crippen LogP contribution is 2.22. The largest absolute Gasteiger partial charge is 0.434 e. The Bertz CT molecular complexity index is 566. The van der Waals surface area contributed by atoms with E-state index in [-0.39, 0.29) is 11.4 Å². The lowest BCUT2D eigenvalue weighted by molar-refractivity contribution is 0.445. The van der Waals surface area contributed by atoms with Gasteiger partial charge in [-0.05, 0) is 34.7 Å². The van der Waals surface area contributed by atoms with Gasteiger partial charge in [0, 0.05) is 19.4 Å². The van der Waals surface area contributed by atoms with Crippen molar-refractivity contribution < 1.29 is 4.74 Å². The van der Waals surface area contributed by atoms with E-state index in [1.165, 1.54) is 10.8 Å². The number of benzene rings is 1. The van der Waals surface area contributed by atoms with Gasteiger partial charge in [0.25, 0.3) is 5.88 Å². The van der Waals surface area contributed by atoms with Gasteiger partial charge in [0.05, 0.1) is 3.57 Å². The van der Waals surface area contributed by atoms with Crippen LogP contribution < -0.4 is 10.3 Å². The smallest absolute Gasteiger partial charge is 0.313 e. The number of para-hydroxylation sites is 1. The fourth-order valence-electron chi connectivity index (χ4n) is 1.18. The summed E-state index contributed by atoms with van der Waals surface area (Å²) in [6.45, 7) is 0. The van der Waals surface area contributed by atoms with Crippen LogP contribution in [0.25, 0.3) is 0 Å². The van der Waals surface area contributed by atoms with E-state index in [2.05, 4.69) is 27.6 Å². The molecule has 0 amide bonds. The molecule has 0 saturated carbocycles. The molecule has 16 heavy (non-hydrogen) atoms. The molecule has 0 fully saturated rings. The first kappa shape index (κ1) is 11.1. The van der Waals surface area contributed by atoms with Crippen molar-refractivity contribution in [2.75, 3.05) is 0 Å². The maximum atomic E-state index is 11.7. The summed E-state index contributed by atoms with van der Waals surface area (Å²) in [5, 5.41) is 0. The van der Waals surface area contributed by atoms with Crippen LogP contribution in [0.1, 0.15) is 0 Å². The van der Waals surface area contributed by atoms with E-state index in [0.29, 0.717) is 5.75 Å². The summed E-state index contributed by atoms with van der Waals surface area (Å²) in [4.78, 5) is 15.6. The van der Waals surface area contributed by atoms with E-state index in [0.717, 1.165) is 3.57 Å². The zero-order chi connectivity index (χ0) is 11.5. The standard InChI is InChI=1S/C11H9IN2O2/c1-14-7-6-13-10(11(14)15)16-9-5-3-2-4-8(9)12/h2-7H,1H3. The summed E-state index contributed by atoms with van der Waals surface area (Å²) in [5.74, 6) is 0.730. The number of aryl methyl sites for hydroxylation is 1. The molecule has 1 aromatic heterocycles. The summed E-state index contributed by atoms with van der Waals surface area (Å²) >= 11 is 2.15. The SMILES string of the molecule is Cn1ccnc(Oc2ccccc2I)c1=O. The van der Waals surface area contributed by atoms with Crippen molar-refractivity contribution in [2.45, 2.75) is 0 Å². The molecule has 0 spiro atoms. The van der Waals surface area contributed by atoms with Gasteiger partial charge in [-0.25, -0.2) is 4.98 Å². The zero-order valence-corrected chi connectivity index (χ0v) is 10.7. The lowest BCUT2D eigenvalue weighted by Crippen LogP contribution is -2.18. The molecule has 0 saturated heterocycles. The highest BCUT2D eigenvalue weighted by Gasteiger charge is 2.07. The normalized spacial score (nSPS) is 10.1. The van der Waals surface area contributed by atoms with E-state index in [1.807, 2.05) is 18.2 Å². The Balaban J connectivity index is 2.39. The van der Waals surface area contributed by atoms with Gasteiger partial charge in [0.2, 0.25) is 0 Å². The van der Waals surface area contributed by atoms with E-state index in [1.54, 1.807) is 19.3 Å². The second kappa shape index (κ2) is 4.65. The van der Waals surface area contributed by atoms with Crippen molar-refractivity contribution >= 4 is 22.6 Å². The van der Waals surface area contributed by atoms with Gasteiger partial charge in [-0.15, -0.1) is 0 Å². The topological polar surface area (TPSA) is 44.1 Å². The van der Waals surface area contributed by atoms with Crippen molar-refractivity contribution in [3.63, 3.8) is 0 Å². The van der Waals surface area contributed by atoms with Crippen LogP contribution in [-0.2, 0) is 7.05 Å². The van der Waals surface area contributed by atoms with Gasteiger partial charge in [-0.3, -0.25) is 4.79 Å². The van der Waals surface area contributed by atoms with E-state index >= 15 is 0 Å². The van der Waals surface area contributed by atoms with Crippen molar-refractivity contribution in [3.8, 4) is 11.6 Å². The fraction of sp³-hybridized carbons (Fsp3) is 0.0909. The minimum atomic E-state index is -0.248. The van der Waals surface area contributed by atoms with E-state index in [9.17, 15) is 4.79 Å². The zero-order valence-electron chi connectivity index (χ0n) is 8.55. The molecule has 2 rings (SSSR count). The molecule has 0 atom stereocenters. The third-order valence-corrected chi connectivity index (χ3v) is 2.92. The molecule has 0 unspecified atom stereocenters. The Labute approximate surface area is 106 Å². The van der Waals surface area contributed by atoms with Crippen LogP contribution in [0.15, 0.2) is 41.5 Å². The maximum Gasteiger partial charge on any atom is 0.313 e. The molecule has 1 aromatic carbocycles. The molecule has 0 bridgehead atoms. The molecule has 0 radical (unpaired) electrons. The second-order valence-corrected chi connectivity index (χ2v) is 4.34. The van der Waals surface area contributed by atoms with Gasteiger partial charge < -0.3 is 9.30 Å². The van der Waals surface area contributed by atoms with Crippen LogP contribution >= 0.6 is 22.6 Å². The molecule has 2 aromatic rings. The van der Waals surface area contributed by atoms with Gasteiger partial charge in [-0.1, -0.05) is 12.1 Å². The Hall–Kier alpha value is -1.37. The van der Waals surface area contributed by atoms with Crippen LogP contribution in [0.4, 0.5) is 0 Å². The van der Waals surface area contributed by atoms with Gasteiger partial charge in [0.15, 0.2) is 0 Å². The van der Waals surface area contributed by atoms with Gasteiger partial charge >= 0.3 is 5.56 Å². The maximum absolute atomic E-state index is 11.7. The average molecular weight is 328 g/mol. The van der Waals surface area contributed by atoms with Crippen molar-refractivity contribution in [2.24, 2.45) is 7.05 Å². The molecule has 4 nitrogen and oxygen atoms in total. The summed E-state index contributed by atoms with van der Waals surface area (Å²) < 4.78 is 7.84. The molecule has 1 heterocycles. The highest BCUT2D eigenvalue weighted by molar-refractivity contribution is 14.1. The Morgan fingerprint density at radius 1 is 1.38 bits per heavy atom. The molecule has 0 aliphatic heterocycles. The first-order valence-corrected chi connectivity index (χ1v) is 5.70. The predicted octanol–water partition coefficient (Wildman–Crippen LogP) is 2.18. The number of nitrogens with zero attached hydrogens (tertiary/aromatic N) is 2. The monoisotopic (exact) mass is 328 g/mol. The third-order valence-electron chi connectivity index (χ3n) is 2.03. The number of halogens is 1. The van der Waals surface area contributed by atoms with Crippen LogP contribution in [0.3, 0.4) is 0 Å².